The van der Waals surface area contributed by atoms with Gasteiger partial charge >= 0.3 is 0 Å². The molecule has 1 rings (SSSR count). The van der Waals surface area contributed by atoms with Crippen molar-refractivity contribution in [2.75, 3.05) is 12.3 Å². The molecule has 0 aromatic carbocycles. The van der Waals surface area contributed by atoms with Crippen LogP contribution in [-0.2, 0) is 14.8 Å². The second-order valence-corrected chi connectivity index (χ2v) is 6.08. The van der Waals surface area contributed by atoms with Gasteiger partial charge in [0.1, 0.15) is 0 Å². The summed E-state index contributed by atoms with van der Waals surface area (Å²) in [5, 5.41) is 2.86. The van der Waals surface area contributed by atoms with Gasteiger partial charge in [0.05, 0.1) is 5.75 Å². The number of rotatable bonds is 8. The maximum atomic E-state index is 11.3. The van der Waals surface area contributed by atoms with E-state index in [1.165, 1.54) is 0 Å². The highest BCUT2D eigenvalue weighted by Gasteiger charge is 2.22. The fourth-order valence-corrected chi connectivity index (χ4v) is 2.48. The minimum atomic E-state index is -3.12. The van der Waals surface area contributed by atoms with Gasteiger partial charge in [0.2, 0.25) is 15.9 Å². The highest BCUT2D eigenvalue weighted by molar-refractivity contribution is 7.89. The number of hydrogen-bond acceptors (Lipinski definition) is 3. The van der Waals surface area contributed by atoms with Crippen LogP contribution in [0.15, 0.2) is 0 Å². The maximum Gasteiger partial charge on any atom is 0.220 e. The number of carbonyl (C=O) groups excluding carboxylic acids is 1. The Balaban J connectivity index is 2.04. The molecule has 0 aliphatic heterocycles. The molecule has 0 aromatic rings. The molecule has 6 heteroatoms. The Labute approximate surface area is 97.0 Å². The predicted molar refractivity (Wildman–Crippen MR) is 62.5 cm³/mol. The summed E-state index contributed by atoms with van der Waals surface area (Å²) in [4.78, 5) is 11.3. The van der Waals surface area contributed by atoms with Crippen LogP contribution >= 0.6 is 0 Å². The van der Waals surface area contributed by atoms with Crippen molar-refractivity contribution in [2.24, 2.45) is 0 Å². The van der Waals surface area contributed by atoms with Crippen LogP contribution in [0.3, 0.4) is 0 Å². The molecule has 0 saturated heterocycles. The molecule has 0 spiro atoms. The first-order valence-corrected chi connectivity index (χ1v) is 7.45. The average Bonchev–Trinajstić information content (AvgIpc) is 2.96. The van der Waals surface area contributed by atoms with Gasteiger partial charge in [0.15, 0.2) is 0 Å². The van der Waals surface area contributed by atoms with E-state index >= 15 is 0 Å². The van der Waals surface area contributed by atoms with Crippen LogP contribution in [-0.4, -0.2) is 32.7 Å². The number of hydrogen-bond donors (Lipinski definition) is 2. The molecule has 1 fully saturated rings. The standard InChI is InChI=1S/C10H20N2O3S/c1-2-8-16(14,15)11-7-3-4-10(13)12-9-5-6-9/h9,11H,2-8H2,1H3,(H,12,13). The summed E-state index contributed by atoms with van der Waals surface area (Å²) in [5.74, 6) is 0.179. The van der Waals surface area contributed by atoms with E-state index in [-0.39, 0.29) is 11.7 Å². The lowest BCUT2D eigenvalue weighted by atomic mass is 10.3. The molecule has 0 heterocycles. The van der Waals surface area contributed by atoms with E-state index < -0.39 is 10.0 Å². The zero-order valence-corrected chi connectivity index (χ0v) is 10.5. The Hall–Kier alpha value is -0.620. The zero-order valence-electron chi connectivity index (χ0n) is 9.66. The van der Waals surface area contributed by atoms with Gasteiger partial charge in [-0.25, -0.2) is 13.1 Å². The van der Waals surface area contributed by atoms with Crippen molar-refractivity contribution in [2.45, 2.75) is 45.1 Å². The van der Waals surface area contributed by atoms with Crippen molar-refractivity contribution in [1.82, 2.24) is 10.0 Å². The largest absolute Gasteiger partial charge is 0.353 e. The molecule has 2 N–H and O–H groups in total. The highest BCUT2D eigenvalue weighted by Crippen LogP contribution is 2.18. The van der Waals surface area contributed by atoms with Crippen molar-refractivity contribution in [3.05, 3.63) is 0 Å². The van der Waals surface area contributed by atoms with Crippen LogP contribution in [0.2, 0.25) is 0 Å². The Morgan fingerprint density at radius 3 is 2.62 bits per heavy atom. The predicted octanol–water partition coefficient (Wildman–Crippen LogP) is 0.375. The maximum absolute atomic E-state index is 11.3. The molecule has 1 aliphatic carbocycles. The Bertz CT molecular complexity index is 323. The summed E-state index contributed by atoms with van der Waals surface area (Å²) >= 11 is 0. The SMILES string of the molecule is CCCS(=O)(=O)NCCCC(=O)NC1CC1. The van der Waals surface area contributed by atoms with Crippen molar-refractivity contribution in [3.63, 3.8) is 0 Å². The van der Waals surface area contributed by atoms with Gasteiger partial charge in [-0.15, -0.1) is 0 Å². The van der Waals surface area contributed by atoms with E-state index in [0.717, 1.165) is 12.8 Å². The van der Waals surface area contributed by atoms with E-state index in [2.05, 4.69) is 10.0 Å². The van der Waals surface area contributed by atoms with Gasteiger partial charge in [-0.3, -0.25) is 4.79 Å². The number of amides is 1. The monoisotopic (exact) mass is 248 g/mol. The minimum Gasteiger partial charge on any atom is -0.353 e. The smallest absolute Gasteiger partial charge is 0.220 e. The summed E-state index contributed by atoms with van der Waals surface area (Å²) in [6.45, 7) is 2.17. The summed E-state index contributed by atoms with van der Waals surface area (Å²) < 4.78 is 25.0. The van der Waals surface area contributed by atoms with E-state index in [1.54, 1.807) is 0 Å². The lowest BCUT2D eigenvalue weighted by Crippen LogP contribution is -2.29. The topological polar surface area (TPSA) is 75.3 Å². The van der Waals surface area contributed by atoms with Crippen LogP contribution < -0.4 is 10.0 Å². The number of sulfonamides is 1. The van der Waals surface area contributed by atoms with Crippen LogP contribution in [0.25, 0.3) is 0 Å². The third-order valence-electron chi connectivity index (χ3n) is 2.32. The van der Waals surface area contributed by atoms with E-state index in [4.69, 9.17) is 0 Å². The first kappa shape index (κ1) is 13.4. The fourth-order valence-electron chi connectivity index (χ4n) is 1.35. The minimum absolute atomic E-state index is 0.0252. The molecular formula is C10H20N2O3S. The quantitative estimate of drug-likeness (QED) is 0.610. The zero-order chi connectivity index (χ0) is 12.0. The normalized spacial score (nSPS) is 16.1. The van der Waals surface area contributed by atoms with E-state index in [0.29, 0.717) is 31.8 Å². The molecule has 0 radical (unpaired) electrons. The molecule has 0 unspecified atom stereocenters. The molecule has 5 nitrogen and oxygen atoms in total. The third kappa shape index (κ3) is 6.07. The van der Waals surface area contributed by atoms with Gasteiger partial charge in [0, 0.05) is 19.0 Å². The van der Waals surface area contributed by atoms with Gasteiger partial charge in [-0.2, -0.15) is 0 Å². The molecular weight excluding hydrogens is 228 g/mol. The molecule has 0 aromatic heterocycles. The Morgan fingerprint density at radius 1 is 1.38 bits per heavy atom. The molecule has 0 bridgehead atoms. The van der Waals surface area contributed by atoms with Gasteiger partial charge in [-0.1, -0.05) is 6.92 Å². The molecule has 0 atom stereocenters. The Morgan fingerprint density at radius 2 is 2.06 bits per heavy atom. The summed E-state index contributed by atoms with van der Waals surface area (Å²) in [6, 6.07) is 0.379. The van der Waals surface area contributed by atoms with Crippen LogP contribution in [0.1, 0.15) is 39.0 Å². The van der Waals surface area contributed by atoms with Crippen molar-refractivity contribution in [1.29, 1.82) is 0 Å². The lowest BCUT2D eigenvalue weighted by Gasteiger charge is -2.05. The summed E-state index contributed by atoms with van der Waals surface area (Å²) in [7, 11) is -3.12. The average molecular weight is 248 g/mol. The summed E-state index contributed by atoms with van der Waals surface area (Å²) in [6.07, 6.45) is 3.72. The molecule has 94 valence electrons. The third-order valence-corrected chi connectivity index (χ3v) is 3.91. The molecule has 1 amide bonds. The summed E-state index contributed by atoms with van der Waals surface area (Å²) in [5.41, 5.74) is 0. The van der Waals surface area contributed by atoms with Crippen molar-refractivity contribution >= 4 is 15.9 Å². The van der Waals surface area contributed by atoms with E-state index in [9.17, 15) is 13.2 Å². The van der Waals surface area contributed by atoms with Crippen LogP contribution in [0.5, 0.6) is 0 Å². The number of carbonyl (C=O) groups is 1. The lowest BCUT2D eigenvalue weighted by molar-refractivity contribution is -0.121. The van der Waals surface area contributed by atoms with Crippen molar-refractivity contribution in [3.8, 4) is 0 Å². The highest BCUT2D eigenvalue weighted by atomic mass is 32.2. The number of nitrogens with one attached hydrogen (secondary N) is 2. The molecule has 1 saturated carbocycles. The second kappa shape index (κ2) is 6.20. The van der Waals surface area contributed by atoms with E-state index in [1.807, 2.05) is 6.92 Å². The molecule has 1 aliphatic rings. The van der Waals surface area contributed by atoms with Crippen molar-refractivity contribution < 1.29 is 13.2 Å². The fraction of sp³-hybridized carbons (Fsp3) is 0.900. The van der Waals surface area contributed by atoms with Gasteiger partial charge in [-0.05, 0) is 25.7 Å². The molecule has 16 heavy (non-hydrogen) atoms. The van der Waals surface area contributed by atoms with Gasteiger partial charge in [0.25, 0.3) is 0 Å². The van der Waals surface area contributed by atoms with Crippen LogP contribution in [0, 0.1) is 0 Å². The Kier molecular flexibility index (Phi) is 5.21. The second-order valence-electron chi connectivity index (χ2n) is 4.16. The first-order chi connectivity index (χ1) is 7.53. The first-order valence-electron chi connectivity index (χ1n) is 5.80. The van der Waals surface area contributed by atoms with Crippen LogP contribution in [0.4, 0.5) is 0 Å². The van der Waals surface area contributed by atoms with Gasteiger partial charge < -0.3 is 5.32 Å².